The van der Waals surface area contributed by atoms with Gasteiger partial charge in [-0.3, -0.25) is 9.59 Å². The molecule has 2 aromatic carbocycles. The van der Waals surface area contributed by atoms with Crippen LogP contribution in [0.1, 0.15) is 22.8 Å². The van der Waals surface area contributed by atoms with Gasteiger partial charge in [-0.25, -0.2) is 0 Å². The van der Waals surface area contributed by atoms with Gasteiger partial charge in [-0.1, -0.05) is 23.2 Å². The molecule has 0 saturated heterocycles. The molecule has 29 heavy (non-hydrogen) atoms. The van der Waals surface area contributed by atoms with E-state index in [9.17, 15) is 9.59 Å². The highest BCUT2D eigenvalue weighted by atomic mass is 35.5. The molecule has 0 unspecified atom stereocenters. The normalized spacial score (nSPS) is 10.7. The fraction of sp³-hybridized carbons (Fsp3) is 0.238. The van der Waals surface area contributed by atoms with E-state index in [1.54, 1.807) is 44.4 Å². The average molecular weight is 437 g/mol. The Hall–Kier alpha value is -2.70. The number of benzene rings is 2. The first kappa shape index (κ1) is 22.6. The van der Waals surface area contributed by atoms with Crippen molar-refractivity contribution in [2.75, 3.05) is 33.1 Å². The van der Waals surface area contributed by atoms with Crippen molar-refractivity contribution in [1.29, 1.82) is 0 Å². The fourth-order valence-corrected chi connectivity index (χ4v) is 3.00. The van der Waals surface area contributed by atoms with Crippen LogP contribution in [0.15, 0.2) is 36.4 Å². The quantitative estimate of drug-likeness (QED) is 0.635. The molecular weight excluding hydrogens is 415 g/mol. The van der Waals surface area contributed by atoms with Crippen molar-refractivity contribution >= 4 is 46.8 Å². The SMILES string of the molecule is CCOc1cc(C=CC(=O)Nc2ccc(Cl)c(C(=O)N(C)C)c2)cc(Cl)c1OC. The number of amides is 2. The molecule has 0 atom stereocenters. The van der Waals surface area contributed by atoms with Crippen molar-refractivity contribution in [3.8, 4) is 11.5 Å². The largest absolute Gasteiger partial charge is 0.491 e. The fourth-order valence-electron chi connectivity index (χ4n) is 2.51. The average Bonchev–Trinajstić information content (AvgIpc) is 2.67. The van der Waals surface area contributed by atoms with E-state index in [2.05, 4.69) is 5.32 Å². The number of methoxy groups -OCH3 is 1. The maximum Gasteiger partial charge on any atom is 0.254 e. The minimum Gasteiger partial charge on any atom is -0.491 e. The van der Waals surface area contributed by atoms with Crippen LogP contribution in [-0.2, 0) is 4.79 Å². The summed E-state index contributed by atoms with van der Waals surface area (Å²) in [6, 6.07) is 8.12. The van der Waals surface area contributed by atoms with Crippen LogP contribution in [-0.4, -0.2) is 44.5 Å². The van der Waals surface area contributed by atoms with Gasteiger partial charge in [0.1, 0.15) is 0 Å². The third kappa shape index (κ3) is 5.89. The van der Waals surface area contributed by atoms with Crippen molar-refractivity contribution in [3.05, 3.63) is 57.6 Å². The lowest BCUT2D eigenvalue weighted by Gasteiger charge is -2.13. The molecule has 0 spiro atoms. The van der Waals surface area contributed by atoms with E-state index in [1.807, 2.05) is 6.92 Å². The predicted octanol–water partition coefficient (Wildman–Crippen LogP) is 4.75. The Morgan fingerprint density at radius 2 is 1.86 bits per heavy atom. The second-order valence-electron chi connectivity index (χ2n) is 6.18. The summed E-state index contributed by atoms with van der Waals surface area (Å²) in [6.45, 7) is 2.30. The molecule has 0 fully saturated rings. The lowest BCUT2D eigenvalue weighted by molar-refractivity contribution is -0.111. The molecule has 0 radical (unpaired) electrons. The maximum atomic E-state index is 12.3. The zero-order valence-corrected chi connectivity index (χ0v) is 18.1. The summed E-state index contributed by atoms with van der Waals surface area (Å²) in [5.74, 6) is 0.305. The van der Waals surface area contributed by atoms with Crippen molar-refractivity contribution in [3.63, 3.8) is 0 Å². The Kier molecular flexibility index (Phi) is 7.93. The Morgan fingerprint density at radius 3 is 2.48 bits per heavy atom. The molecule has 6 nitrogen and oxygen atoms in total. The van der Waals surface area contributed by atoms with Crippen LogP contribution < -0.4 is 14.8 Å². The molecule has 8 heteroatoms. The van der Waals surface area contributed by atoms with Crippen LogP contribution >= 0.6 is 23.2 Å². The van der Waals surface area contributed by atoms with Crippen LogP contribution in [0.3, 0.4) is 0 Å². The number of carbonyl (C=O) groups excluding carboxylic acids is 2. The summed E-state index contributed by atoms with van der Waals surface area (Å²) < 4.78 is 10.8. The van der Waals surface area contributed by atoms with E-state index in [1.165, 1.54) is 24.2 Å². The monoisotopic (exact) mass is 436 g/mol. The smallest absolute Gasteiger partial charge is 0.254 e. The number of rotatable bonds is 7. The van der Waals surface area contributed by atoms with Gasteiger partial charge >= 0.3 is 0 Å². The van der Waals surface area contributed by atoms with Crippen molar-refractivity contribution < 1.29 is 19.1 Å². The molecule has 154 valence electrons. The minimum absolute atomic E-state index is 0.252. The highest BCUT2D eigenvalue weighted by molar-refractivity contribution is 6.34. The summed E-state index contributed by atoms with van der Waals surface area (Å²) in [6.07, 6.45) is 2.96. The highest BCUT2D eigenvalue weighted by Crippen LogP contribution is 2.36. The third-order valence-electron chi connectivity index (χ3n) is 3.83. The Morgan fingerprint density at radius 1 is 1.14 bits per heavy atom. The molecule has 0 aromatic heterocycles. The Balaban J connectivity index is 2.18. The molecule has 0 saturated carbocycles. The maximum absolute atomic E-state index is 12.3. The van der Waals surface area contributed by atoms with Crippen LogP contribution in [0.25, 0.3) is 6.08 Å². The van der Waals surface area contributed by atoms with Gasteiger partial charge in [0.25, 0.3) is 5.91 Å². The van der Waals surface area contributed by atoms with E-state index < -0.39 is 0 Å². The number of ether oxygens (including phenoxy) is 2. The van der Waals surface area contributed by atoms with E-state index in [0.29, 0.717) is 45.0 Å². The van der Waals surface area contributed by atoms with E-state index in [0.717, 1.165) is 0 Å². The number of nitrogens with zero attached hydrogens (tertiary/aromatic N) is 1. The van der Waals surface area contributed by atoms with Crippen LogP contribution in [0, 0.1) is 0 Å². The topological polar surface area (TPSA) is 67.9 Å². The summed E-state index contributed by atoms with van der Waals surface area (Å²) >= 11 is 12.3. The van der Waals surface area contributed by atoms with Gasteiger partial charge in [0.15, 0.2) is 11.5 Å². The van der Waals surface area contributed by atoms with E-state index in [4.69, 9.17) is 32.7 Å². The standard InChI is InChI=1S/C21H22Cl2N2O4/c1-5-29-18-11-13(10-17(23)20(18)28-4)6-9-19(26)24-14-7-8-16(22)15(12-14)21(27)25(2)3/h6-12H,5H2,1-4H3,(H,24,26). The van der Waals surface area contributed by atoms with Gasteiger partial charge < -0.3 is 19.7 Å². The molecule has 2 aromatic rings. The predicted molar refractivity (Wildman–Crippen MR) is 116 cm³/mol. The lowest BCUT2D eigenvalue weighted by Crippen LogP contribution is -2.22. The van der Waals surface area contributed by atoms with Crippen LogP contribution in [0.2, 0.25) is 10.0 Å². The number of halogens is 2. The van der Waals surface area contributed by atoms with Gasteiger partial charge in [0.05, 0.1) is 29.3 Å². The van der Waals surface area contributed by atoms with E-state index >= 15 is 0 Å². The molecule has 0 heterocycles. The first-order chi connectivity index (χ1) is 13.8. The Labute approximate surface area is 180 Å². The summed E-state index contributed by atoms with van der Waals surface area (Å²) in [5, 5.41) is 3.40. The molecule has 2 amide bonds. The zero-order chi connectivity index (χ0) is 21.6. The van der Waals surface area contributed by atoms with Gasteiger partial charge in [0, 0.05) is 25.9 Å². The molecular formula is C21H22Cl2N2O4. The molecule has 0 bridgehead atoms. The van der Waals surface area contributed by atoms with Gasteiger partial charge in [-0.05, 0) is 48.9 Å². The van der Waals surface area contributed by atoms with Crippen molar-refractivity contribution in [1.82, 2.24) is 4.90 Å². The van der Waals surface area contributed by atoms with Gasteiger partial charge in [-0.15, -0.1) is 0 Å². The first-order valence-electron chi connectivity index (χ1n) is 8.77. The summed E-state index contributed by atoms with van der Waals surface area (Å²) in [7, 11) is 4.76. The lowest BCUT2D eigenvalue weighted by atomic mass is 10.1. The summed E-state index contributed by atoms with van der Waals surface area (Å²) in [5.41, 5.74) is 1.44. The second-order valence-corrected chi connectivity index (χ2v) is 7.00. The second kappa shape index (κ2) is 10.2. The Bertz CT molecular complexity index is 943. The van der Waals surface area contributed by atoms with Crippen LogP contribution in [0.4, 0.5) is 5.69 Å². The molecule has 0 aliphatic carbocycles. The van der Waals surface area contributed by atoms with Gasteiger partial charge in [-0.2, -0.15) is 0 Å². The number of nitrogens with one attached hydrogen (secondary N) is 1. The summed E-state index contributed by atoms with van der Waals surface area (Å²) in [4.78, 5) is 25.9. The highest BCUT2D eigenvalue weighted by Gasteiger charge is 2.14. The zero-order valence-electron chi connectivity index (χ0n) is 16.6. The third-order valence-corrected chi connectivity index (χ3v) is 4.44. The molecule has 2 rings (SSSR count). The molecule has 0 aliphatic heterocycles. The van der Waals surface area contributed by atoms with E-state index in [-0.39, 0.29) is 11.8 Å². The molecule has 1 N–H and O–H groups in total. The van der Waals surface area contributed by atoms with Crippen molar-refractivity contribution in [2.24, 2.45) is 0 Å². The van der Waals surface area contributed by atoms with Gasteiger partial charge in [0.2, 0.25) is 5.91 Å². The number of hydrogen-bond acceptors (Lipinski definition) is 4. The molecule has 0 aliphatic rings. The van der Waals surface area contributed by atoms with Crippen LogP contribution in [0.5, 0.6) is 11.5 Å². The first-order valence-corrected chi connectivity index (χ1v) is 9.53. The number of anilines is 1. The number of carbonyl (C=O) groups is 2. The number of hydrogen-bond donors (Lipinski definition) is 1. The van der Waals surface area contributed by atoms with Crippen molar-refractivity contribution in [2.45, 2.75) is 6.92 Å². The minimum atomic E-state index is -0.375.